The standard InChI is InChI=1S/C12H16N2S2/c1-5-6-15-11-10-7(2)8(3)16-12(10)14-9(4)13-11/h5-6H2,1-4H3. The average Bonchev–Trinajstić information content (AvgIpc) is 2.51. The molecule has 4 heteroatoms. The van der Waals surface area contributed by atoms with Gasteiger partial charge in [0.05, 0.1) is 0 Å². The van der Waals surface area contributed by atoms with E-state index in [0.29, 0.717) is 0 Å². The second-order valence-corrected chi connectivity index (χ2v) is 6.17. The second-order valence-electron chi connectivity index (χ2n) is 3.89. The highest BCUT2D eigenvalue weighted by Gasteiger charge is 2.13. The lowest BCUT2D eigenvalue weighted by Gasteiger charge is -2.03. The van der Waals surface area contributed by atoms with E-state index in [1.54, 1.807) is 11.3 Å². The molecular weight excluding hydrogens is 236 g/mol. The number of thioether (sulfide) groups is 1. The molecular formula is C12H16N2S2. The Hall–Kier alpha value is -0.610. The maximum Gasteiger partial charge on any atom is 0.128 e. The number of aromatic nitrogens is 2. The summed E-state index contributed by atoms with van der Waals surface area (Å²) in [5.74, 6) is 2.01. The Morgan fingerprint density at radius 1 is 1.19 bits per heavy atom. The Bertz CT molecular complexity index is 517. The van der Waals surface area contributed by atoms with E-state index in [2.05, 4.69) is 30.7 Å². The van der Waals surface area contributed by atoms with Crippen molar-refractivity contribution < 1.29 is 0 Å². The van der Waals surface area contributed by atoms with Crippen molar-refractivity contribution in [1.29, 1.82) is 0 Å². The molecule has 0 spiro atoms. The summed E-state index contributed by atoms with van der Waals surface area (Å²) in [7, 11) is 0. The average molecular weight is 252 g/mol. The van der Waals surface area contributed by atoms with Crippen molar-refractivity contribution in [2.45, 2.75) is 39.1 Å². The fraction of sp³-hybridized carbons (Fsp3) is 0.500. The van der Waals surface area contributed by atoms with Gasteiger partial charge in [-0.2, -0.15) is 0 Å². The van der Waals surface area contributed by atoms with E-state index in [9.17, 15) is 0 Å². The molecule has 2 aromatic heterocycles. The molecule has 0 radical (unpaired) electrons. The summed E-state index contributed by atoms with van der Waals surface area (Å²) in [4.78, 5) is 11.6. The quantitative estimate of drug-likeness (QED) is 0.607. The van der Waals surface area contributed by atoms with E-state index in [0.717, 1.165) is 21.4 Å². The summed E-state index contributed by atoms with van der Waals surface area (Å²) in [5.41, 5.74) is 1.35. The van der Waals surface area contributed by atoms with Crippen LogP contribution in [-0.4, -0.2) is 15.7 Å². The zero-order chi connectivity index (χ0) is 11.7. The molecule has 2 aromatic rings. The van der Waals surface area contributed by atoms with Gasteiger partial charge in [0.15, 0.2) is 0 Å². The van der Waals surface area contributed by atoms with E-state index in [1.807, 2.05) is 18.7 Å². The molecule has 0 unspecified atom stereocenters. The first-order valence-electron chi connectivity index (χ1n) is 5.50. The molecule has 2 nitrogen and oxygen atoms in total. The SMILES string of the molecule is CCCSc1nc(C)nc2sc(C)c(C)c12. The minimum atomic E-state index is 0.882. The summed E-state index contributed by atoms with van der Waals surface area (Å²) in [5, 5.41) is 2.43. The monoisotopic (exact) mass is 252 g/mol. The molecule has 0 saturated carbocycles. The Balaban J connectivity index is 2.60. The minimum absolute atomic E-state index is 0.882. The Labute approximate surface area is 105 Å². The number of aryl methyl sites for hydroxylation is 3. The fourth-order valence-corrected chi connectivity index (χ4v) is 3.75. The summed E-state index contributed by atoms with van der Waals surface area (Å²) >= 11 is 3.62. The van der Waals surface area contributed by atoms with Crippen molar-refractivity contribution in [1.82, 2.24) is 9.97 Å². The molecule has 0 N–H and O–H groups in total. The number of rotatable bonds is 3. The maximum absolute atomic E-state index is 4.57. The first-order valence-corrected chi connectivity index (χ1v) is 7.30. The highest BCUT2D eigenvalue weighted by atomic mass is 32.2. The number of fused-ring (bicyclic) bond motifs is 1. The first-order chi connectivity index (χ1) is 7.63. The van der Waals surface area contributed by atoms with Crippen LogP contribution in [0.1, 0.15) is 29.6 Å². The summed E-state index contributed by atoms with van der Waals surface area (Å²) in [6, 6.07) is 0. The summed E-state index contributed by atoms with van der Waals surface area (Å²) in [6.45, 7) is 8.50. The van der Waals surface area contributed by atoms with Gasteiger partial charge in [-0.15, -0.1) is 23.1 Å². The van der Waals surface area contributed by atoms with Crippen molar-refractivity contribution in [2.75, 3.05) is 5.75 Å². The number of hydrogen-bond acceptors (Lipinski definition) is 4. The van der Waals surface area contributed by atoms with Crippen molar-refractivity contribution in [3.63, 3.8) is 0 Å². The molecule has 2 rings (SSSR count). The van der Waals surface area contributed by atoms with Gasteiger partial charge in [0.2, 0.25) is 0 Å². The van der Waals surface area contributed by atoms with Gasteiger partial charge < -0.3 is 0 Å². The molecule has 0 atom stereocenters. The molecule has 0 aliphatic rings. The van der Waals surface area contributed by atoms with Crippen molar-refractivity contribution in [3.05, 3.63) is 16.3 Å². The molecule has 0 aliphatic carbocycles. The van der Waals surface area contributed by atoms with Crippen LogP contribution in [0.2, 0.25) is 0 Å². The Morgan fingerprint density at radius 3 is 2.62 bits per heavy atom. The molecule has 0 saturated heterocycles. The second kappa shape index (κ2) is 4.72. The van der Waals surface area contributed by atoms with E-state index in [-0.39, 0.29) is 0 Å². The van der Waals surface area contributed by atoms with Gasteiger partial charge in [-0.05, 0) is 38.5 Å². The van der Waals surface area contributed by atoms with Gasteiger partial charge >= 0.3 is 0 Å². The third-order valence-electron chi connectivity index (χ3n) is 2.55. The normalized spacial score (nSPS) is 11.2. The molecule has 86 valence electrons. The Kier molecular flexibility index (Phi) is 3.50. The van der Waals surface area contributed by atoms with Crippen LogP contribution < -0.4 is 0 Å². The minimum Gasteiger partial charge on any atom is -0.226 e. The first kappa shape index (κ1) is 11.9. The molecule has 0 fully saturated rings. The van der Waals surface area contributed by atoms with Crippen LogP contribution in [0.15, 0.2) is 5.03 Å². The molecule has 16 heavy (non-hydrogen) atoms. The van der Waals surface area contributed by atoms with Crippen LogP contribution in [0.3, 0.4) is 0 Å². The van der Waals surface area contributed by atoms with Gasteiger partial charge in [-0.1, -0.05) is 6.92 Å². The number of thiophene rings is 1. The molecule has 0 aromatic carbocycles. The van der Waals surface area contributed by atoms with Crippen molar-refractivity contribution >= 4 is 33.3 Å². The van der Waals surface area contributed by atoms with E-state index in [1.165, 1.54) is 22.2 Å². The van der Waals surface area contributed by atoms with Gasteiger partial charge in [0, 0.05) is 10.3 Å². The van der Waals surface area contributed by atoms with Crippen LogP contribution in [0, 0.1) is 20.8 Å². The number of hydrogen-bond donors (Lipinski definition) is 0. The van der Waals surface area contributed by atoms with Gasteiger partial charge in [-0.3, -0.25) is 0 Å². The number of nitrogens with zero attached hydrogens (tertiary/aromatic N) is 2. The largest absolute Gasteiger partial charge is 0.226 e. The third-order valence-corrected chi connectivity index (χ3v) is 4.83. The van der Waals surface area contributed by atoms with Crippen LogP contribution in [0.5, 0.6) is 0 Å². The van der Waals surface area contributed by atoms with Crippen LogP contribution in [0.4, 0.5) is 0 Å². The smallest absolute Gasteiger partial charge is 0.128 e. The van der Waals surface area contributed by atoms with Gasteiger partial charge in [0.1, 0.15) is 15.7 Å². The van der Waals surface area contributed by atoms with Gasteiger partial charge in [-0.25, -0.2) is 9.97 Å². The lowest BCUT2D eigenvalue weighted by atomic mass is 10.2. The maximum atomic E-state index is 4.57. The lowest BCUT2D eigenvalue weighted by molar-refractivity contribution is 1.01. The summed E-state index contributed by atoms with van der Waals surface area (Å²) in [6.07, 6.45) is 1.18. The highest BCUT2D eigenvalue weighted by Crippen LogP contribution is 2.35. The van der Waals surface area contributed by atoms with E-state index < -0.39 is 0 Å². The predicted octanol–water partition coefficient (Wildman–Crippen LogP) is 4.12. The van der Waals surface area contributed by atoms with Crippen LogP contribution >= 0.6 is 23.1 Å². The molecule has 0 aliphatic heterocycles. The van der Waals surface area contributed by atoms with E-state index in [4.69, 9.17) is 0 Å². The summed E-state index contributed by atoms with van der Waals surface area (Å²) < 4.78 is 0. The van der Waals surface area contributed by atoms with E-state index >= 15 is 0 Å². The third kappa shape index (κ3) is 2.09. The zero-order valence-corrected chi connectivity index (χ0v) is 11.8. The highest BCUT2D eigenvalue weighted by molar-refractivity contribution is 7.99. The Morgan fingerprint density at radius 2 is 1.94 bits per heavy atom. The van der Waals surface area contributed by atoms with Crippen LogP contribution in [-0.2, 0) is 0 Å². The molecule has 2 heterocycles. The van der Waals surface area contributed by atoms with Crippen molar-refractivity contribution in [2.24, 2.45) is 0 Å². The van der Waals surface area contributed by atoms with Crippen LogP contribution in [0.25, 0.3) is 10.2 Å². The molecule has 0 amide bonds. The zero-order valence-electron chi connectivity index (χ0n) is 10.1. The predicted molar refractivity (Wildman–Crippen MR) is 72.6 cm³/mol. The van der Waals surface area contributed by atoms with Gasteiger partial charge in [0.25, 0.3) is 0 Å². The van der Waals surface area contributed by atoms with Crippen molar-refractivity contribution in [3.8, 4) is 0 Å². The molecule has 0 bridgehead atoms. The fourth-order valence-electron chi connectivity index (χ4n) is 1.62. The topological polar surface area (TPSA) is 25.8 Å². The lowest BCUT2D eigenvalue weighted by Crippen LogP contribution is -1.91.